The molecule has 1 N–H and O–H groups in total. The average molecular weight is 187 g/mol. The second kappa shape index (κ2) is 5.58. The molecule has 13 heavy (non-hydrogen) atoms. The van der Waals surface area contributed by atoms with E-state index >= 15 is 0 Å². The molecule has 3 atom stereocenters. The van der Waals surface area contributed by atoms with Crippen LogP contribution in [-0.2, 0) is 9.47 Å². The molecule has 0 bridgehead atoms. The van der Waals surface area contributed by atoms with Crippen molar-refractivity contribution in [3.63, 3.8) is 0 Å². The van der Waals surface area contributed by atoms with Crippen molar-refractivity contribution in [1.29, 1.82) is 0 Å². The van der Waals surface area contributed by atoms with Crippen LogP contribution in [0.2, 0.25) is 0 Å². The van der Waals surface area contributed by atoms with Gasteiger partial charge in [-0.15, -0.1) is 0 Å². The highest BCUT2D eigenvalue weighted by Crippen LogP contribution is 2.11. The molecule has 0 aliphatic carbocycles. The van der Waals surface area contributed by atoms with Gasteiger partial charge < -0.3 is 14.8 Å². The van der Waals surface area contributed by atoms with E-state index in [9.17, 15) is 0 Å². The van der Waals surface area contributed by atoms with Crippen molar-refractivity contribution >= 4 is 0 Å². The monoisotopic (exact) mass is 187 g/mol. The van der Waals surface area contributed by atoms with Crippen molar-refractivity contribution in [3.05, 3.63) is 0 Å². The van der Waals surface area contributed by atoms with Gasteiger partial charge in [-0.25, -0.2) is 0 Å². The Morgan fingerprint density at radius 3 is 2.85 bits per heavy atom. The standard InChI is InChI=1S/C10H21NO2/c1-8(9(2)12-3)11-6-10-4-5-13-7-10/h8-11H,4-7H2,1-3H3. The van der Waals surface area contributed by atoms with Crippen LogP contribution in [-0.4, -0.2) is 39.0 Å². The third-order valence-electron chi connectivity index (χ3n) is 2.83. The van der Waals surface area contributed by atoms with Crippen LogP contribution in [0, 0.1) is 5.92 Å². The van der Waals surface area contributed by atoms with E-state index < -0.39 is 0 Å². The summed E-state index contributed by atoms with van der Waals surface area (Å²) < 4.78 is 10.5. The summed E-state index contributed by atoms with van der Waals surface area (Å²) in [7, 11) is 1.75. The summed E-state index contributed by atoms with van der Waals surface area (Å²) in [6.07, 6.45) is 1.48. The fourth-order valence-corrected chi connectivity index (χ4v) is 1.47. The van der Waals surface area contributed by atoms with Crippen LogP contribution in [0.25, 0.3) is 0 Å². The highest BCUT2D eigenvalue weighted by molar-refractivity contribution is 4.72. The fraction of sp³-hybridized carbons (Fsp3) is 1.00. The van der Waals surface area contributed by atoms with Crippen molar-refractivity contribution in [1.82, 2.24) is 5.32 Å². The van der Waals surface area contributed by atoms with Gasteiger partial charge in [0.2, 0.25) is 0 Å². The quantitative estimate of drug-likeness (QED) is 0.697. The van der Waals surface area contributed by atoms with Crippen molar-refractivity contribution in [3.8, 4) is 0 Å². The minimum atomic E-state index is 0.280. The molecule has 0 spiro atoms. The Hall–Kier alpha value is -0.120. The van der Waals surface area contributed by atoms with Gasteiger partial charge in [0.15, 0.2) is 0 Å². The van der Waals surface area contributed by atoms with E-state index in [2.05, 4.69) is 19.2 Å². The number of methoxy groups -OCH3 is 1. The van der Waals surface area contributed by atoms with E-state index in [1.807, 2.05) is 0 Å². The van der Waals surface area contributed by atoms with Crippen molar-refractivity contribution < 1.29 is 9.47 Å². The first kappa shape index (κ1) is 11.0. The molecular weight excluding hydrogens is 166 g/mol. The summed E-state index contributed by atoms with van der Waals surface area (Å²) in [5.41, 5.74) is 0. The SMILES string of the molecule is COC(C)C(C)NCC1CCOC1. The van der Waals surface area contributed by atoms with Gasteiger partial charge in [-0.3, -0.25) is 0 Å². The van der Waals surface area contributed by atoms with E-state index in [1.165, 1.54) is 6.42 Å². The zero-order valence-corrected chi connectivity index (χ0v) is 8.88. The molecular formula is C10H21NO2. The Morgan fingerprint density at radius 2 is 2.31 bits per heavy atom. The average Bonchev–Trinajstić information content (AvgIpc) is 2.65. The zero-order chi connectivity index (χ0) is 9.68. The molecule has 3 unspecified atom stereocenters. The molecule has 0 radical (unpaired) electrons. The summed E-state index contributed by atoms with van der Waals surface area (Å²) in [6, 6.07) is 0.422. The predicted octanol–water partition coefficient (Wildman–Crippen LogP) is 1.04. The summed E-state index contributed by atoms with van der Waals surface area (Å²) in [5.74, 6) is 0.700. The van der Waals surface area contributed by atoms with E-state index in [0.29, 0.717) is 12.0 Å². The first-order chi connectivity index (χ1) is 6.24. The molecule has 3 heteroatoms. The first-order valence-corrected chi connectivity index (χ1v) is 5.08. The first-order valence-electron chi connectivity index (χ1n) is 5.08. The molecule has 1 heterocycles. The second-order valence-corrected chi connectivity index (χ2v) is 3.87. The molecule has 0 aromatic carbocycles. The molecule has 78 valence electrons. The minimum absolute atomic E-state index is 0.280. The van der Waals surface area contributed by atoms with E-state index in [-0.39, 0.29) is 6.10 Å². The summed E-state index contributed by atoms with van der Waals surface area (Å²) in [4.78, 5) is 0. The molecule has 0 amide bonds. The Morgan fingerprint density at radius 1 is 1.54 bits per heavy atom. The molecule has 1 fully saturated rings. The Kier molecular flexibility index (Phi) is 4.70. The Labute approximate surface area is 80.8 Å². The van der Waals surface area contributed by atoms with Crippen LogP contribution in [0.5, 0.6) is 0 Å². The lowest BCUT2D eigenvalue weighted by Gasteiger charge is -2.21. The smallest absolute Gasteiger partial charge is 0.0693 e. The van der Waals surface area contributed by atoms with Crippen LogP contribution >= 0.6 is 0 Å². The maximum absolute atomic E-state index is 5.30. The Bertz CT molecular complexity index is 135. The van der Waals surface area contributed by atoms with Gasteiger partial charge in [-0.05, 0) is 26.2 Å². The largest absolute Gasteiger partial charge is 0.381 e. The summed E-state index contributed by atoms with van der Waals surface area (Å²) in [6.45, 7) is 7.14. The third kappa shape index (κ3) is 3.63. The van der Waals surface area contributed by atoms with Crippen LogP contribution in [0.1, 0.15) is 20.3 Å². The number of nitrogens with one attached hydrogen (secondary N) is 1. The second-order valence-electron chi connectivity index (χ2n) is 3.87. The highest BCUT2D eigenvalue weighted by Gasteiger charge is 2.17. The van der Waals surface area contributed by atoms with Gasteiger partial charge >= 0.3 is 0 Å². The number of hydrogen-bond donors (Lipinski definition) is 1. The maximum Gasteiger partial charge on any atom is 0.0693 e. The van der Waals surface area contributed by atoms with Crippen LogP contribution < -0.4 is 5.32 Å². The minimum Gasteiger partial charge on any atom is -0.381 e. The molecule has 0 aromatic rings. The molecule has 1 aliphatic heterocycles. The molecule has 1 aliphatic rings. The molecule has 1 saturated heterocycles. The predicted molar refractivity (Wildman–Crippen MR) is 52.9 cm³/mol. The van der Waals surface area contributed by atoms with Crippen LogP contribution in [0.15, 0.2) is 0 Å². The van der Waals surface area contributed by atoms with Crippen molar-refractivity contribution in [2.75, 3.05) is 26.9 Å². The Balaban J connectivity index is 2.10. The lowest BCUT2D eigenvalue weighted by Crippen LogP contribution is -2.39. The maximum atomic E-state index is 5.30. The van der Waals surface area contributed by atoms with Crippen LogP contribution in [0.4, 0.5) is 0 Å². The van der Waals surface area contributed by atoms with E-state index in [1.54, 1.807) is 7.11 Å². The molecule has 0 saturated carbocycles. The molecule has 0 aromatic heterocycles. The van der Waals surface area contributed by atoms with Crippen molar-refractivity contribution in [2.45, 2.75) is 32.4 Å². The van der Waals surface area contributed by atoms with E-state index in [4.69, 9.17) is 9.47 Å². The molecule has 1 rings (SSSR count). The van der Waals surface area contributed by atoms with Gasteiger partial charge in [0.05, 0.1) is 12.7 Å². The molecule has 3 nitrogen and oxygen atoms in total. The van der Waals surface area contributed by atoms with Crippen molar-refractivity contribution in [2.24, 2.45) is 5.92 Å². The third-order valence-corrected chi connectivity index (χ3v) is 2.83. The van der Waals surface area contributed by atoms with Crippen LogP contribution in [0.3, 0.4) is 0 Å². The lowest BCUT2D eigenvalue weighted by molar-refractivity contribution is 0.0867. The summed E-state index contributed by atoms with van der Waals surface area (Å²) >= 11 is 0. The fourth-order valence-electron chi connectivity index (χ4n) is 1.47. The highest BCUT2D eigenvalue weighted by atomic mass is 16.5. The zero-order valence-electron chi connectivity index (χ0n) is 8.88. The number of rotatable bonds is 5. The lowest BCUT2D eigenvalue weighted by atomic mass is 10.1. The van der Waals surface area contributed by atoms with E-state index in [0.717, 1.165) is 19.8 Å². The van der Waals surface area contributed by atoms with Gasteiger partial charge in [0.1, 0.15) is 0 Å². The van der Waals surface area contributed by atoms with Gasteiger partial charge in [0.25, 0.3) is 0 Å². The number of hydrogen-bond acceptors (Lipinski definition) is 3. The topological polar surface area (TPSA) is 30.5 Å². The summed E-state index contributed by atoms with van der Waals surface area (Å²) in [5, 5.41) is 3.47. The normalized spacial score (nSPS) is 27.5. The number of ether oxygens (including phenoxy) is 2. The van der Waals surface area contributed by atoms with Gasteiger partial charge in [0, 0.05) is 26.3 Å². The van der Waals surface area contributed by atoms with Gasteiger partial charge in [-0.1, -0.05) is 0 Å². The van der Waals surface area contributed by atoms with Gasteiger partial charge in [-0.2, -0.15) is 0 Å².